The van der Waals surface area contributed by atoms with E-state index in [-0.39, 0.29) is 23.5 Å². The summed E-state index contributed by atoms with van der Waals surface area (Å²) < 4.78 is 81.2. The van der Waals surface area contributed by atoms with Crippen LogP contribution in [0.2, 0.25) is 0 Å². The van der Waals surface area contributed by atoms with E-state index in [1.807, 2.05) is 0 Å². The molecular formula is C18H13F6N3. The third-order valence-corrected chi connectivity index (χ3v) is 3.94. The number of nitrogens with zero attached hydrogens (tertiary/aromatic N) is 2. The molecule has 0 saturated heterocycles. The van der Waals surface area contributed by atoms with Gasteiger partial charge in [-0.05, 0) is 24.3 Å². The van der Waals surface area contributed by atoms with Crippen LogP contribution in [0.5, 0.6) is 0 Å². The molecule has 9 heteroatoms. The van der Waals surface area contributed by atoms with E-state index in [1.54, 1.807) is 0 Å². The molecule has 0 fully saturated rings. The summed E-state index contributed by atoms with van der Waals surface area (Å²) >= 11 is 0. The van der Waals surface area contributed by atoms with Gasteiger partial charge in [0.25, 0.3) is 6.43 Å². The highest BCUT2D eigenvalue weighted by Gasteiger charge is 2.17. The summed E-state index contributed by atoms with van der Waals surface area (Å²) in [7, 11) is 1.41. The SMILES string of the molecule is Cn1nc(C(F)F)cc1-c1ccc(NCc2c(F)cc(F)cc2F)cc1F. The van der Waals surface area contributed by atoms with Crippen LogP contribution >= 0.6 is 0 Å². The van der Waals surface area contributed by atoms with Gasteiger partial charge in [-0.2, -0.15) is 5.10 Å². The molecule has 0 atom stereocenters. The Morgan fingerprint density at radius 2 is 1.63 bits per heavy atom. The lowest BCUT2D eigenvalue weighted by Crippen LogP contribution is -2.06. The largest absolute Gasteiger partial charge is 0.381 e. The van der Waals surface area contributed by atoms with Crippen molar-refractivity contribution in [2.45, 2.75) is 13.0 Å². The summed E-state index contributed by atoms with van der Waals surface area (Å²) in [6.07, 6.45) is -2.78. The summed E-state index contributed by atoms with van der Waals surface area (Å²) in [5.74, 6) is -3.90. The average Bonchev–Trinajstić information content (AvgIpc) is 2.96. The minimum atomic E-state index is -2.78. The van der Waals surface area contributed by atoms with Gasteiger partial charge < -0.3 is 5.32 Å². The summed E-state index contributed by atoms with van der Waals surface area (Å²) in [5.41, 5.74) is -0.465. The molecule has 3 aromatic rings. The van der Waals surface area contributed by atoms with Gasteiger partial charge in [-0.1, -0.05) is 0 Å². The zero-order valence-corrected chi connectivity index (χ0v) is 13.9. The van der Waals surface area contributed by atoms with Crippen molar-refractivity contribution in [3.8, 4) is 11.3 Å². The Labute approximate surface area is 150 Å². The molecule has 0 radical (unpaired) electrons. The number of benzene rings is 2. The van der Waals surface area contributed by atoms with Crippen molar-refractivity contribution in [2.24, 2.45) is 7.05 Å². The van der Waals surface area contributed by atoms with Crippen LogP contribution < -0.4 is 5.32 Å². The minimum Gasteiger partial charge on any atom is -0.381 e. The molecule has 0 unspecified atom stereocenters. The van der Waals surface area contributed by atoms with E-state index in [1.165, 1.54) is 19.2 Å². The summed E-state index contributed by atoms with van der Waals surface area (Å²) in [5, 5.41) is 6.26. The standard InChI is InChI=1S/C18H13F6N3/c1-27-17(7-16(26-27)18(23)24)11-3-2-10(6-15(11)22)25-8-12-13(20)4-9(19)5-14(12)21/h2-7,18,25H,8H2,1H3. The lowest BCUT2D eigenvalue weighted by Gasteiger charge is -2.10. The molecule has 0 aliphatic heterocycles. The molecule has 0 bridgehead atoms. The van der Waals surface area contributed by atoms with Crippen molar-refractivity contribution in [1.29, 1.82) is 0 Å². The van der Waals surface area contributed by atoms with Crippen molar-refractivity contribution in [3.63, 3.8) is 0 Å². The number of aryl methyl sites for hydroxylation is 1. The molecule has 0 amide bonds. The zero-order chi connectivity index (χ0) is 19.7. The van der Waals surface area contributed by atoms with Crippen LogP contribution in [0, 0.1) is 23.3 Å². The fourth-order valence-electron chi connectivity index (χ4n) is 2.61. The fourth-order valence-corrected chi connectivity index (χ4v) is 2.61. The van der Waals surface area contributed by atoms with Gasteiger partial charge in [-0.25, -0.2) is 26.3 Å². The second kappa shape index (κ2) is 7.34. The van der Waals surface area contributed by atoms with Gasteiger partial charge in [0.2, 0.25) is 0 Å². The third-order valence-electron chi connectivity index (χ3n) is 3.94. The minimum absolute atomic E-state index is 0.0431. The van der Waals surface area contributed by atoms with E-state index in [9.17, 15) is 26.3 Å². The van der Waals surface area contributed by atoms with E-state index < -0.39 is 41.0 Å². The predicted octanol–water partition coefficient (Wildman–Crippen LogP) is 5.19. The van der Waals surface area contributed by atoms with Gasteiger partial charge in [0.15, 0.2) is 0 Å². The highest BCUT2D eigenvalue weighted by atomic mass is 19.3. The Morgan fingerprint density at radius 1 is 0.963 bits per heavy atom. The number of hydrogen-bond acceptors (Lipinski definition) is 2. The van der Waals surface area contributed by atoms with Crippen LogP contribution in [0.1, 0.15) is 17.7 Å². The number of hydrogen-bond donors (Lipinski definition) is 1. The topological polar surface area (TPSA) is 29.9 Å². The Balaban J connectivity index is 1.82. The van der Waals surface area contributed by atoms with Crippen LogP contribution in [-0.4, -0.2) is 9.78 Å². The monoisotopic (exact) mass is 385 g/mol. The van der Waals surface area contributed by atoms with E-state index in [0.717, 1.165) is 16.8 Å². The van der Waals surface area contributed by atoms with Crippen molar-refractivity contribution in [2.75, 3.05) is 5.32 Å². The molecule has 3 nitrogen and oxygen atoms in total. The van der Waals surface area contributed by atoms with Crippen LogP contribution in [0.15, 0.2) is 36.4 Å². The molecule has 2 aromatic carbocycles. The van der Waals surface area contributed by atoms with E-state index in [0.29, 0.717) is 12.1 Å². The molecular weight excluding hydrogens is 372 g/mol. The van der Waals surface area contributed by atoms with Gasteiger partial charge in [-0.15, -0.1) is 0 Å². The summed E-state index contributed by atoms with van der Waals surface area (Å²) in [6, 6.07) is 6.00. The number of halogens is 6. The van der Waals surface area contributed by atoms with E-state index in [4.69, 9.17) is 0 Å². The van der Waals surface area contributed by atoms with Crippen LogP contribution in [0.4, 0.5) is 32.0 Å². The fraction of sp³-hybridized carbons (Fsp3) is 0.167. The molecule has 1 aromatic heterocycles. The number of nitrogens with one attached hydrogen (secondary N) is 1. The molecule has 1 N–H and O–H groups in total. The van der Waals surface area contributed by atoms with Crippen LogP contribution in [0.25, 0.3) is 11.3 Å². The van der Waals surface area contributed by atoms with Crippen molar-refractivity contribution in [1.82, 2.24) is 9.78 Å². The van der Waals surface area contributed by atoms with Gasteiger partial charge in [0.05, 0.1) is 5.69 Å². The van der Waals surface area contributed by atoms with Crippen molar-refractivity contribution < 1.29 is 26.3 Å². The van der Waals surface area contributed by atoms with Gasteiger partial charge >= 0.3 is 0 Å². The lowest BCUT2D eigenvalue weighted by molar-refractivity contribution is 0.145. The molecule has 0 saturated carbocycles. The molecule has 142 valence electrons. The first-order valence-electron chi connectivity index (χ1n) is 7.75. The first-order valence-corrected chi connectivity index (χ1v) is 7.75. The Morgan fingerprint density at radius 3 is 2.19 bits per heavy atom. The Kier molecular flexibility index (Phi) is 5.11. The molecule has 0 spiro atoms. The normalized spacial score (nSPS) is 11.3. The first kappa shape index (κ1) is 18.8. The zero-order valence-electron chi connectivity index (χ0n) is 13.9. The molecule has 0 aliphatic rings. The smallest absolute Gasteiger partial charge is 0.282 e. The Bertz CT molecular complexity index is 960. The number of rotatable bonds is 5. The third kappa shape index (κ3) is 3.91. The lowest BCUT2D eigenvalue weighted by atomic mass is 10.1. The summed E-state index contributed by atoms with van der Waals surface area (Å²) in [6.45, 7) is -0.335. The van der Waals surface area contributed by atoms with Gasteiger partial charge in [0, 0.05) is 42.5 Å². The van der Waals surface area contributed by atoms with Crippen LogP contribution in [0.3, 0.4) is 0 Å². The number of aromatic nitrogens is 2. The number of anilines is 1. The van der Waals surface area contributed by atoms with Crippen LogP contribution in [-0.2, 0) is 13.6 Å². The molecule has 3 rings (SSSR count). The summed E-state index contributed by atoms with van der Waals surface area (Å²) in [4.78, 5) is 0. The van der Waals surface area contributed by atoms with Gasteiger partial charge in [-0.3, -0.25) is 4.68 Å². The molecule has 0 aliphatic carbocycles. The number of alkyl halides is 2. The van der Waals surface area contributed by atoms with E-state index in [2.05, 4.69) is 10.4 Å². The maximum atomic E-state index is 14.4. The molecule has 27 heavy (non-hydrogen) atoms. The van der Waals surface area contributed by atoms with Gasteiger partial charge in [0.1, 0.15) is 29.0 Å². The van der Waals surface area contributed by atoms with Crippen molar-refractivity contribution >= 4 is 5.69 Å². The highest BCUT2D eigenvalue weighted by molar-refractivity contribution is 5.64. The maximum Gasteiger partial charge on any atom is 0.282 e. The van der Waals surface area contributed by atoms with E-state index >= 15 is 0 Å². The van der Waals surface area contributed by atoms with Crippen molar-refractivity contribution in [3.05, 3.63) is 70.9 Å². The average molecular weight is 385 g/mol. The molecule has 1 heterocycles. The quantitative estimate of drug-likeness (QED) is 0.613. The predicted molar refractivity (Wildman–Crippen MR) is 87.2 cm³/mol. The second-order valence-electron chi connectivity index (χ2n) is 5.77. The second-order valence-corrected chi connectivity index (χ2v) is 5.77. The first-order chi connectivity index (χ1) is 12.8. The Hall–Kier alpha value is -2.97. The maximum absolute atomic E-state index is 14.4. The highest BCUT2D eigenvalue weighted by Crippen LogP contribution is 2.29.